The monoisotopic (exact) mass is 361 g/mol. The summed E-state index contributed by atoms with van der Waals surface area (Å²) in [5, 5.41) is 7.94. The van der Waals surface area contributed by atoms with Crippen molar-refractivity contribution in [3.63, 3.8) is 0 Å². The van der Waals surface area contributed by atoms with Crippen LogP contribution in [0.3, 0.4) is 0 Å². The Balaban J connectivity index is 1.46. The Morgan fingerprint density at radius 1 is 1.05 bits per heavy atom. The van der Waals surface area contributed by atoms with Crippen molar-refractivity contribution in [1.82, 2.24) is 5.32 Å². The minimum atomic E-state index is 0.672. The second-order valence-corrected chi connectivity index (χ2v) is 6.68. The van der Waals surface area contributed by atoms with E-state index in [0.29, 0.717) is 6.61 Å². The molecule has 0 amide bonds. The third-order valence-electron chi connectivity index (χ3n) is 3.19. The van der Waals surface area contributed by atoms with Crippen LogP contribution >= 0.6 is 27.3 Å². The lowest BCUT2D eigenvalue weighted by Crippen LogP contribution is -2.20. The number of fused-ring (bicyclic) bond motifs is 1. The zero-order valence-corrected chi connectivity index (χ0v) is 13.9. The molecule has 1 heterocycles. The van der Waals surface area contributed by atoms with E-state index in [1.807, 2.05) is 12.1 Å². The molecule has 0 aliphatic heterocycles. The smallest absolute Gasteiger partial charge is 0.120 e. The zero-order valence-electron chi connectivity index (χ0n) is 11.5. The fraction of sp³-hybridized carbons (Fsp3) is 0.176. The number of rotatable bonds is 6. The molecule has 0 saturated carbocycles. The quantitative estimate of drug-likeness (QED) is 0.634. The summed E-state index contributed by atoms with van der Waals surface area (Å²) in [5.74, 6) is 0.925. The van der Waals surface area contributed by atoms with E-state index in [0.717, 1.165) is 23.3 Å². The molecule has 108 valence electrons. The zero-order chi connectivity index (χ0) is 14.5. The fourth-order valence-electron chi connectivity index (χ4n) is 2.16. The Labute approximate surface area is 136 Å². The molecule has 1 aromatic heterocycles. The maximum Gasteiger partial charge on any atom is 0.120 e. The number of benzene rings is 2. The minimum Gasteiger partial charge on any atom is -0.492 e. The van der Waals surface area contributed by atoms with Crippen LogP contribution in [-0.2, 0) is 6.54 Å². The molecule has 0 spiro atoms. The second-order valence-electron chi connectivity index (χ2n) is 4.77. The molecule has 0 aliphatic carbocycles. The highest BCUT2D eigenvalue weighted by atomic mass is 79.9. The number of thiophene rings is 1. The molecule has 0 unspecified atom stereocenters. The summed E-state index contributed by atoms with van der Waals surface area (Å²) in [7, 11) is 0. The number of ether oxygens (including phenoxy) is 1. The van der Waals surface area contributed by atoms with Crippen LogP contribution in [0.2, 0.25) is 0 Å². The van der Waals surface area contributed by atoms with Crippen LogP contribution < -0.4 is 10.1 Å². The Kier molecular flexibility index (Phi) is 4.91. The van der Waals surface area contributed by atoms with Gasteiger partial charge in [0, 0.05) is 27.8 Å². The van der Waals surface area contributed by atoms with Crippen molar-refractivity contribution in [3.8, 4) is 5.75 Å². The normalized spacial score (nSPS) is 10.9. The minimum absolute atomic E-state index is 0.672. The van der Waals surface area contributed by atoms with Gasteiger partial charge in [0.15, 0.2) is 0 Å². The molecule has 0 radical (unpaired) electrons. The van der Waals surface area contributed by atoms with Crippen LogP contribution in [-0.4, -0.2) is 13.2 Å². The third-order valence-corrected chi connectivity index (χ3v) is 4.89. The van der Waals surface area contributed by atoms with Crippen molar-refractivity contribution in [2.24, 2.45) is 0 Å². The van der Waals surface area contributed by atoms with E-state index in [2.05, 4.69) is 63.0 Å². The molecule has 2 aromatic carbocycles. The highest BCUT2D eigenvalue weighted by molar-refractivity contribution is 9.10. The van der Waals surface area contributed by atoms with Gasteiger partial charge in [0.25, 0.3) is 0 Å². The van der Waals surface area contributed by atoms with Gasteiger partial charge in [-0.2, -0.15) is 0 Å². The van der Waals surface area contributed by atoms with E-state index in [-0.39, 0.29) is 0 Å². The van der Waals surface area contributed by atoms with E-state index in [4.69, 9.17) is 4.74 Å². The summed E-state index contributed by atoms with van der Waals surface area (Å²) in [6.45, 7) is 2.39. The van der Waals surface area contributed by atoms with Gasteiger partial charge < -0.3 is 10.1 Å². The third kappa shape index (κ3) is 4.06. The maximum absolute atomic E-state index is 5.79. The number of hydrogen-bond donors (Lipinski definition) is 1. The average Bonchev–Trinajstić information content (AvgIpc) is 2.92. The molecule has 0 fully saturated rings. The van der Waals surface area contributed by atoms with Crippen LogP contribution in [0.1, 0.15) is 4.88 Å². The van der Waals surface area contributed by atoms with Crippen molar-refractivity contribution in [3.05, 3.63) is 63.3 Å². The molecule has 4 heteroatoms. The molecule has 0 saturated heterocycles. The van der Waals surface area contributed by atoms with Gasteiger partial charge >= 0.3 is 0 Å². The van der Waals surface area contributed by atoms with Crippen molar-refractivity contribution < 1.29 is 4.74 Å². The molecular weight excluding hydrogens is 346 g/mol. The van der Waals surface area contributed by atoms with Gasteiger partial charge in [0.2, 0.25) is 0 Å². The first-order chi connectivity index (χ1) is 10.3. The first-order valence-electron chi connectivity index (χ1n) is 6.86. The molecular formula is C17H16BrNOS. The lowest BCUT2D eigenvalue weighted by atomic mass is 10.1. The molecule has 21 heavy (non-hydrogen) atoms. The van der Waals surface area contributed by atoms with E-state index < -0.39 is 0 Å². The maximum atomic E-state index is 5.79. The van der Waals surface area contributed by atoms with Crippen LogP contribution in [0, 0.1) is 0 Å². The lowest BCUT2D eigenvalue weighted by molar-refractivity contribution is 0.314. The lowest BCUT2D eigenvalue weighted by Gasteiger charge is -2.08. The van der Waals surface area contributed by atoms with E-state index in [1.54, 1.807) is 11.3 Å². The second kappa shape index (κ2) is 7.07. The van der Waals surface area contributed by atoms with E-state index >= 15 is 0 Å². The molecule has 0 bridgehead atoms. The van der Waals surface area contributed by atoms with Crippen molar-refractivity contribution in [2.45, 2.75) is 6.54 Å². The van der Waals surface area contributed by atoms with E-state index in [9.17, 15) is 0 Å². The Morgan fingerprint density at radius 2 is 1.90 bits per heavy atom. The Morgan fingerprint density at radius 3 is 2.71 bits per heavy atom. The van der Waals surface area contributed by atoms with Gasteiger partial charge in [0.05, 0.1) is 0 Å². The summed E-state index contributed by atoms with van der Waals surface area (Å²) in [4.78, 5) is 1.33. The highest BCUT2D eigenvalue weighted by Gasteiger charge is 1.99. The van der Waals surface area contributed by atoms with Crippen molar-refractivity contribution >= 4 is 38.0 Å². The molecule has 2 nitrogen and oxygen atoms in total. The predicted molar refractivity (Wildman–Crippen MR) is 93.2 cm³/mol. The average molecular weight is 362 g/mol. The standard InChI is InChI=1S/C17H16BrNOS/c18-15-10-17(21-12-15)11-19-7-8-20-16-6-5-13-3-1-2-4-14(13)9-16/h1-6,9-10,12,19H,7-8,11H2. The number of nitrogens with one attached hydrogen (secondary N) is 1. The van der Waals surface area contributed by atoms with Gasteiger partial charge in [-0.15, -0.1) is 11.3 Å². The summed E-state index contributed by atoms with van der Waals surface area (Å²) in [6.07, 6.45) is 0. The van der Waals surface area contributed by atoms with Crippen molar-refractivity contribution in [1.29, 1.82) is 0 Å². The highest BCUT2D eigenvalue weighted by Crippen LogP contribution is 2.21. The van der Waals surface area contributed by atoms with Crippen molar-refractivity contribution in [2.75, 3.05) is 13.2 Å². The molecule has 1 N–H and O–H groups in total. The van der Waals surface area contributed by atoms with E-state index in [1.165, 1.54) is 15.6 Å². The van der Waals surface area contributed by atoms with Crippen LogP contribution in [0.25, 0.3) is 10.8 Å². The molecule has 3 aromatic rings. The summed E-state index contributed by atoms with van der Waals surface area (Å²) < 4.78 is 6.94. The molecule has 3 rings (SSSR count). The first-order valence-corrected chi connectivity index (χ1v) is 8.54. The van der Waals surface area contributed by atoms with Gasteiger partial charge in [0.1, 0.15) is 12.4 Å². The summed E-state index contributed by atoms with van der Waals surface area (Å²) in [5.41, 5.74) is 0. The van der Waals surface area contributed by atoms with Crippen LogP contribution in [0.15, 0.2) is 58.4 Å². The SMILES string of the molecule is Brc1csc(CNCCOc2ccc3ccccc3c2)c1. The molecule has 0 atom stereocenters. The Hall–Kier alpha value is -1.36. The fourth-order valence-corrected chi connectivity index (χ4v) is 3.58. The largest absolute Gasteiger partial charge is 0.492 e. The number of halogens is 1. The summed E-state index contributed by atoms with van der Waals surface area (Å²) in [6, 6.07) is 16.7. The number of hydrogen-bond acceptors (Lipinski definition) is 3. The van der Waals surface area contributed by atoms with Crippen LogP contribution in [0.4, 0.5) is 0 Å². The van der Waals surface area contributed by atoms with Gasteiger partial charge in [-0.1, -0.05) is 30.3 Å². The van der Waals surface area contributed by atoms with Gasteiger partial charge in [-0.05, 0) is 44.9 Å². The molecule has 0 aliphatic rings. The topological polar surface area (TPSA) is 21.3 Å². The van der Waals surface area contributed by atoms with Gasteiger partial charge in [-0.3, -0.25) is 0 Å². The first kappa shape index (κ1) is 14.6. The van der Waals surface area contributed by atoms with Gasteiger partial charge in [-0.25, -0.2) is 0 Å². The summed E-state index contributed by atoms with van der Waals surface area (Å²) >= 11 is 5.22. The van der Waals surface area contributed by atoms with Crippen LogP contribution in [0.5, 0.6) is 5.75 Å². The predicted octanol–water partition coefficient (Wildman–Crippen LogP) is 4.83. The Bertz CT molecular complexity index is 725.